The first-order chi connectivity index (χ1) is 27.2. The van der Waals surface area contributed by atoms with Gasteiger partial charge in [-0.2, -0.15) is 4.98 Å². The van der Waals surface area contributed by atoms with Crippen LogP contribution >= 0.6 is 15.4 Å². The number of H-pyrrole nitrogens is 3. The highest BCUT2D eigenvalue weighted by molar-refractivity contribution is 8.00. The summed E-state index contributed by atoms with van der Waals surface area (Å²) in [5.41, 5.74) is 3.25. The third-order valence-electron chi connectivity index (χ3n) is 9.55. The van der Waals surface area contributed by atoms with Crippen LogP contribution in [-0.2, 0) is 48.7 Å². The van der Waals surface area contributed by atoms with E-state index in [4.69, 9.17) is 49.8 Å². The highest BCUT2D eigenvalue weighted by Gasteiger charge is 2.47. The summed E-state index contributed by atoms with van der Waals surface area (Å²) in [7, 11) is -5.01. The van der Waals surface area contributed by atoms with Gasteiger partial charge in [-0.1, -0.05) is 0 Å². The fourth-order valence-corrected chi connectivity index (χ4v) is 8.68. The van der Waals surface area contributed by atoms with Crippen molar-refractivity contribution in [3.63, 3.8) is 0 Å². The first-order valence-corrected chi connectivity index (χ1v) is 20.6. The largest absolute Gasteiger partial charge is 0.697 e. The van der Waals surface area contributed by atoms with Crippen molar-refractivity contribution in [1.82, 2.24) is 38.6 Å². The zero-order chi connectivity index (χ0) is 40.7. The fourth-order valence-electron chi connectivity index (χ4n) is 6.62. The van der Waals surface area contributed by atoms with E-state index in [1.165, 1.54) is 37.1 Å². The summed E-state index contributed by atoms with van der Waals surface area (Å²) in [4.78, 5) is 76.1. The third-order valence-corrected chi connectivity index (χ3v) is 11.7. The van der Waals surface area contributed by atoms with E-state index in [-0.39, 0.29) is 54.1 Å². The van der Waals surface area contributed by atoms with E-state index >= 15 is 0 Å². The van der Waals surface area contributed by atoms with Crippen LogP contribution in [0.4, 0.5) is 5.95 Å². The molecule has 3 saturated heterocycles. The number of aryl methyl sites for hydroxylation is 2. The van der Waals surface area contributed by atoms with Gasteiger partial charge in [-0.25, -0.2) is 14.6 Å². The van der Waals surface area contributed by atoms with Crippen LogP contribution in [0.5, 0.6) is 0 Å². The molecule has 3 aliphatic heterocycles. The Labute approximate surface area is 325 Å². The molecule has 7 N–H and O–H groups in total. The molecular formula is C30H37N9O15P2S+2. The third kappa shape index (κ3) is 8.79. The molecular weight excluding hydrogens is 820 g/mol. The van der Waals surface area contributed by atoms with E-state index in [2.05, 4.69) is 24.9 Å². The molecule has 4 aromatic rings. The van der Waals surface area contributed by atoms with Gasteiger partial charge in [0, 0.05) is 47.3 Å². The van der Waals surface area contributed by atoms with Crippen molar-refractivity contribution in [2.45, 2.75) is 88.4 Å². The number of aromatic nitrogens is 8. The molecule has 5 unspecified atom stereocenters. The molecule has 11 atom stereocenters. The van der Waals surface area contributed by atoms with Crippen molar-refractivity contribution in [1.29, 1.82) is 0 Å². The van der Waals surface area contributed by atoms with Gasteiger partial charge in [0.2, 0.25) is 17.8 Å². The van der Waals surface area contributed by atoms with Gasteiger partial charge in [-0.3, -0.25) is 43.0 Å². The number of nitrogen functional groups attached to an aromatic ring is 1. The van der Waals surface area contributed by atoms with E-state index in [1.807, 2.05) is 0 Å². The number of nitrogens with zero attached hydrogens (tertiary/aromatic N) is 5. The molecule has 3 aliphatic rings. The normalized spacial score (nSPS) is 28.0. The fraction of sp³-hybridized carbons (Fsp3) is 0.567. The van der Waals surface area contributed by atoms with E-state index in [9.17, 15) is 38.8 Å². The second kappa shape index (κ2) is 16.9. The molecule has 7 rings (SSSR count). The molecule has 306 valence electrons. The number of rotatable bonds is 14. The first kappa shape index (κ1) is 40.9. The van der Waals surface area contributed by atoms with Gasteiger partial charge in [-0.05, 0) is 13.8 Å². The Morgan fingerprint density at radius 3 is 2.04 bits per heavy atom. The van der Waals surface area contributed by atoms with Crippen molar-refractivity contribution in [2.75, 3.05) is 25.6 Å². The van der Waals surface area contributed by atoms with E-state index in [0.717, 1.165) is 9.13 Å². The minimum Gasteiger partial charge on any atom is -0.394 e. The van der Waals surface area contributed by atoms with Gasteiger partial charge < -0.3 is 30.2 Å². The van der Waals surface area contributed by atoms with Crippen molar-refractivity contribution in [3.05, 3.63) is 81.9 Å². The number of aromatic amines is 3. The predicted octanol–water partition coefficient (Wildman–Crippen LogP) is -1.13. The second-order valence-corrected chi connectivity index (χ2v) is 16.1. The van der Waals surface area contributed by atoms with Crippen LogP contribution in [0, 0.1) is 13.8 Å². The van der Waals surface area contributed by atoms with Crippen molar-refractivity contribution >= 4 is 44.3 Å². The highest BCUT2D eigenvalue weighted by Crippen LogP contribution is 2.42. The number of imidazole rings is 1. The number of aliphatic hydroxyl groups excluding tert-OH is 2. The molecule has 27 heteroatoms. The maximum Gasteiger partial charge on any atom is 0.697 e. The average molecular weight is 858 g/mol. The Morgan fingerprint density at radius 1 is 0.825 bits per heavy atom. The summed E-state index contributed by atoms with van der Waals surface area (Å²) in [6.45, 7) is 1.88. The number of ether oxygens (including phenoxy) is 3. The maximum absolute atomic E-state index is 13.1. The van der Waals surface area contributed by atoms with Crippen molar-refractivity contribution in [3.8, 4) is 0 Å². The van der Waals surface area contributed by atoms with Crippen LogP contribution in [0.1, 0.15) is 49.1 Å². The number of nitrogens with one attached hydrogen (secondary N) is 3. The van der Waals surface area contributed by atoms with E-state index in [0.29, 0.717) is 0 Å². The summed E-state index contributed by atoms with van der Waals surface area (Å²) in [5, 5.41) is 20.6. The number of hydrogen-bond acceptors (Lipinski definition) is 19. The van der Waals surface area contributed by atoms with Crippen LogP contribution in [0.2, 0.25) is 0 Å². The molecule has 0 aromatic carbocycles. The van der Waals surface area contributed by atoms with Gasteiger partial charge in [0.15, 0.2) is 11.2 Å². The smallest absolute Gasteiger partial charge is 0.394 e. The maximum atomic E-state index is 13.1. The Bertz CT molecular complexity index is 2490. The van der Waals surface area contributed by atoms with Crippen molar-refractivity contribution < 1.29 is 47.1 Å². The summed E-state index contributed by atoms with van der Waals surface area (Å²) < 4.78 is 57.7. The number of fused-ring (bicyclic) bond motifs is 1. The zero-order valence-corrected chi connectivity index (χ0v) is 32.6. The number of anilines is 1. The Hall–Kier alpha value is -4.23. The van der Waals surface area contributed by atoms with E-state index < -0.39 is 112 Å². The molecule has 3 fully saturated rings. The molecule has 0 amide bonds. The highest BCUT2D eigenvalue weighted by atomic mass is 32.4. The number of hydrogen-bond donors (Lipinski definition) is 6. The van der Waals surface area contributed by atoms with E-state index in [1.54, 1.807) is 0 Å². The van der Waals surface area contributed by atoms with Crippen LogP contribution in [0.3, 0.4) is 0 Å². The lowest BCUT2D eigenvalue weighted by Gasteiger charge is -2.15. The lowest BCUT2D eigenvalue weighted by Crippen LogP contribution is -2.33. The van der Waals surface area contributed by atoms with Gasteiger partial charge >= 0.3 is 26.8 Å². The first-order valence-electron chi connectivity index (χ1n) is 17.3. The molecule has 0 aliphatic carbocycles. The van der Waals surface area contributed by atoms with Gasteiger partial charge in [0.05, 0.1) is 19.0 Å². The van der Waals surface area contributed by atoms with Crippen LogP contribution in [-0.4, -0.2) is 105 Å². The van der Waals surface area contributed by atoms with Gasteiger partial charge in [0.25, 0.3) is 16.7 Å². The monoisotopic (exact) mass is 857 g/mol. The predicted molar refractivity (Wildman–Crippen MR) is 197 cm³/mol. The van der Waals surface area contributed by atoms with Gasteiger partial charge in [0.1, 0.15) is 62.4 Å². The molecule has 0 spiro atoms. The van der Waals surface area contributed by atoms with Crippen LogP contribution in [0.15, 0.2) is 42.7 Å². The summed E-state index contributed by atoms with van der Waals surface area (Å²) >= 11 is 5.48. The lowest BCUT2D eigenvalue weighted by atomic mass is 10.2. The van der Waals surface area contributed by atoms with Crippen LogP contribution < -0.4 is 33.8 Å². The Kier molecular flexibility index (Phi) is 12.2. The molecule has 57 heavy (non-hydrogen) atoms. The minimum absolute atomic E-state index is 0.0191. The van der Waals surface area contributed by atoms with Crippen LogP contribution in [0.25, 0.3) is 11.2 Å². The molecule has 4 aromatic heterocycles. The van der Waals surface area contributed by atoms with Crippen molar-refractivity contribution in [2.24, 2.45) is 0 Å². The SMILES string of the molecule is Cc1cn([C@H]2CC(O)[C@@H](CO[P+](=O)OC3C[C@H](n4cc(C)c(=O)[nH]c4=O)O[C@@H]3CO[P+](=S)OC3C[C@H](n4cnc5c(=O)[nH]c(N)nc54)O[C@@H]3CO)O2)c(=O)[nH]c1=O. The summed E-state index contributed by atoms with van der Waals surface area (Å²) in [5.74, 6) is -0.121. The standard InChI is InChI=1S/C30H35N9O15P2S/c1-12-6-37(29(45)35-25(12)42)20-3-14(41)18(51-20)9-48-55(47)53-16-5-21(38-7-13(2)26(43)36-30(38)46)52-19(16)10-49-56(57)54-15-4-22(50-17(15)8-40)39-11-32-23-24(39)33-28(31)34-27(23)44/h6-7,11,14-22,40-41H,3-5,8-10H2,1-2H3,(H3-2,31,33,34,35,36,42,43,44,45,46)/p+2/t14?,15?,16?,17-,18-,19-,20-,21-,22-/m1/s1. The molecule has 7 heterocycles. The number of aliphatic hydroxyl groups is 2. The topological polar surface area (TPSA) is 321 Å². The summed E-state index contributed by atoms with van der Waals surface area (Å²) in [6, 6.07) is 0. The number of nitrogens with two attached hydrogens (primary N) is 1. The Balaban J connectivity index is 0.989. The quantitative estimate of drug-likeness (QED) is 0.0817. The Morgan fingerprint density at radius 2 is 1.39 bits per heavy atom. The second-order valence-electron chi connectivity index (χ2n) is 13.4. The molecule has 0 bridgehead atoms. The molecule has 0 saturated carbocycles. The molecule has 0 radical (unpaired) electrons. The average Bonchev–Trinajstić information content (AvgIpc) is 3.95. The van der Waals surface area contributed by atoms with Gasteiger partial charge in [-0.15, -0.1) is 18.1 Å². The zero-order valence-electron chi connectivity index (χ0n) is 30.0. The minimum atomic E-state index is -2.91. The summed E-state index contributed by atoms with van der Waals surface area (Å²) in [6.07, 6.45) is -4.41. The lowest BCUT2D eigenvalue weighted by molar-refractivity contribution is -0.0499. The molecule has 24 nitrogen and oxygen atoms in total.